The molecule has 2 aromatic heterocycles. The van der Waals surface area contributed by atoms with Crippen LogP contribution in [0.5, 0.6) is 5.75 Å². The van der Waals surface area contributed by atoms with Gasteiger partial charge in [-0.05, 0) is 6.07 Å². The number of allylic oxidation sites excluding steroid dienone is 1. The molecule has 1 unspecified atom stereocenters. The van der Waals surface area contributed by atoms with Gasteiger partial charge in [0.25, 0.3) is 0 Å². The standard InChI is InChI=1S/C19H15FN6O3/c20-15-3-1-2-13-16(4-7-29-18(13)15)24-11-12(26(27)28)8-22-19(24)14-9-23-25-6-5-21-10-17(14)25/h1-3,5-6,8-11,16,19H,4,7H2/t16?,19-/m0/s1. The highest BCUT2D eigenvalue weighted by atomic mass is 19.1. The van der Waals surface area contributed by atoms with Crippen molar-refractivity contribution < 1.29 is 14.1 Å². The number of hydrogen-bond donors (Lipinski definition) is 0. The van der Waals surface area contributed by atoms with Crippen molar-refractivity contribution in [3.05, 3.63) is 81.9 Å². The fourth-order valence-electron chi connectivity index (χ4n) is 3.81. The molecular weight excluding hydrogens is 379 g/mol. The largest absolute Gasteiger partial charge is 0.490 e. The molecular formula is C19H15FN6O3. The number of nitro groups is 1. The summed E-state index contributed by atoms with van der Waals surface area (Å²) in [4.78, 5) is 21.3. The molecule has 0 bridgehead atoms. The van der Waals surface area contributed by atoms with Crippen LogP contribution in [0.3, 0.4) is 0 Å². The minimum atomic E-state index is -0.570. The van der Waals surface area contributed by atoms with Crippen LogP contribution in [0.2, 0.25) is 0 Å². The molecule has 0 saturated carbocycles. The minimum Gasteiger partial charge on any atom is -0.490 e. The lowest BCUT2D eigenvalue weighted by molar-refractivity contribution is -0.415. The number of aromatic nitrogens is 3. The molecule has 4 heterocycles. The van der Waals surface area contributed by atoms with Crippen LogP contribution in [-0.2, 0) is 0 Å². The van der Waals surface area contributed by atoms with Gasteiger partial charge in [-0.25, -0.2) is 8.91 Å². The second-order valence-corrected chi connectivity index (χ2v) is 6.73. The van der Waals surface area contributed by atoms with Gasteiger partial charge < -0.3 is 9.64 Å². The van der Waals surface area contributed by atoms with E-state index >= 15 is 0 Å². The summed E-state index contributed by atoms with van der Waals surface area (Å²) in [5.41, 5.74) is 1.98. The maximum Gasteiger partial charge on any atom is 0.302 e. The molecule has 10 heteroatoms. The Morgan fingerprint density at radius 2 is 2.17 bits per heavy atom. The lowest BCUT2D eigenvalue weighted by Gasteiger charge is -2.39. The third-order valence-corrected chi connectivity index (χ3v) is 5.11. The van der Waals surface area contributed by atoms with Crippen molar-refractivity contribution in [2.24, 2.45) is 4.99 Å². The van der Waals surface area contributed by atoms with E-state index in [1.165, 1.54) is 18.5 Å². The zero-order chi connectivity index (χ0) is 20.0. The van der Waals surface area contributed by atoms with E-state index in [4.69, 9.17) is 4.74 Å². The van der Waals surface area contributed by atoms with E-state index in [0.29, 0.717) is 18.6 Å². The number of para-hydroxylation sites is 1. The summed E-state index contributed by atoms with van der Waals surface area (Å²) in [6.45, 7) is 0.295. The zero-order valence-corrected chi connectivity index (χ0v) is 15.1. The first kappa shape index (κ1) is 17.3. The predicted molar refractivity (Wildman–Crippen MR) is 100 cm³/mol. The zero-order valence-electron chi connectivity index (χ0n) is 15.1. The van der Waals surface area contributed by atoms with Gasteiger partial charge in [-0.3, -0.25) is 20.1 Å². The molecule has 5 rings (SSSR count). The Morgan fingerprint density at radius 3 is 3.03 bits per heavy atom. The number of fused-ring (bicyclic) bond motifs is 2. The molecule has 9 nitrogen and oxygen atoms in total. The first-order chi connectivity index (χ1) is 14.1. The minimum absolute atomic E-state index is 0.139. The highest BCUT2D eigenvalue weighted by molar-refractivity contribution is 5.76. The van der Waals surface area contributed by atoms with E-state index < -0.39 is 16.9 Å². The molecule has 3 aromatic rings. The Kier molecular flexibility index (Phi) is 3.97. The summed E-state index contributed by atoms with van der Waals surface area (Å²) in [6, 6.07) is 4.37. The van der Waals surface area contributed by atoms with Crippen LogP contribution in [0.15, 0.2) is 59.9 Å². The monoisotopic (exact) mass is 394 g/mol. The molecule has 0 spiro atoms. The summed E-state index contributed by atoms with van der Waals surface area (Å²) < 4.78 is 21.5. The Balaban J connectivity index is 1.64. The van der Waals surface area contributed by atoms with Gasteiger partial charge in [0.15, 0.2) is 17.7 Å². The molecule has 0 N–H and O–H groups in total. The molecule has 1 aromatic carbocycles. The first-order valence-corrected chi connectivity index (χ1v) is 8.99. The first-order valence-electron chi connectivity index (χ1n) is 8.99. The second-order valence-electron chi connectivity index (χ2n) is 6.73. The van der Waals surface area contributed by atoms with Crippen LogP contribution in [0, 0.1) is 15.9 Å². The average molecular weight is 394 g/mol. The normalized spacial score (nSPS) is 20.9. The molecule has 0 amide bonds. The molecule has 29 heavy (non-hydrogen) atoms. The smallest absolute Gasteiger partial charge is 0.302 e. The molecule has 2 atom stereocenters. The molecule has 0 radical (unpaired) electrons. The number of hydrogen-bond acceptors (Lipinski definition) is 7. The number of nitrogens with zero attached hydrogens (tertiary/aromatic N) is 6. The third kappa shape index (κ3) is 2.80. The fraction of sp³-hybridized carbons (Fsp3) is 0.211. The van der Waals surface area contributed by atoms with Gasteiger partial charge in [0.05, 0.1) is 41.7 Å². The number of aliphatic imine (C=N–C) groups is 1. The van der Waals surface area contributed by atoms with Crippen molar-refractivity contribution in [1.82, 2.24) is 19.5 Å². The summed E-state index contributed by atoms with van der Waals surface area (Å²) >= 11 is 0. The van der Waals surface area contributed by atoms with Gasteiger partial charge >= 0.3 is 5.70 Å². The Bertz CT molecular complexity index is 1170. The molecule has 0 aliphatic carbocycles. The fourth-order valence-corrected chi connectivity index (χ4v) is 3.81. The summed E-state index contributed by atoms with van der Waals surface area (Å²) in [5.74, 6) is -0.280. The van der Waals surface area contributed by atoms with Crippen molar-refractivity contribution in [2.45, 2.75) is 18.6 Å². The maximum absolute atomic E-state index is 14.3. The highest BCUT2D eigenvalue weighted by Crippen LogP contribution is 2.43. The Labute approximate surface area is 163 Å². The van der Waals surface area contributed by atoms with Crippen molar-refractivity contribution >= 4 is 11.7 Å². The summed E-state index contributed by atoms with van der Waals surface area (Å²) in [6.07, 6.45) is 9.33. The van der Waals surface area contributed by atoms with Crippen LogP contribution >= 0.6 is 0 Å². The molecule has 2 aliphatic rings. The van der Waals surface area contributed by atoms with Crippen LogP contribution < -0.4 is 4.74 Å². The maximum atomic E-state index is 14.3. The topological polar surface area (TPSA) is 98.2 Å². The SMILES string of the molecule is O=[N+]([O-])C1=CN(C2CCOc3c(F)cccc32)[C@@H](c2cnn3ccncc23)N=C1. The molecule has 0 fully saturated rings. The summed E-state index contributed by atoms with van der Waals surface area (Å²) in [7, 11) is 0. The van der Waals surface area contributed by atoms with Crippen LogP contribution in [0.4, 0.5) is 4.39 Å². The average Bonchev–Trinajstić information content (AvgIpc) is 3.17. The highest BCUT2D eigenvalue weighted by Gasteiger charge is 2.36. The second kappa shape index (κ2) is 6.66. The number of halogens is 1. The molecule has 0 saturated heterocycles. The Hall–Kier alpha value is -3.82. The Morgan fingerprint density at radius 1 is 1.28 bits per heavy atom. The van der Waals surface area contributed by atoms with E-state index in [-0.39, 0.29) is 17.5 Å². The quantitative estimate of drug-likeness (QED) is 0.500. The van der Waals surface area contributed by atoms with Crippen molar-refractivity contribution in [1.29, 1.82) is 0 Å². The van der Waals surface area contributed by atoms with Crippen LogP contribution in [-0.4, -0.2) is 37.2 Å². The number of rotatable bonds is 3. The van der Waals surface area contributed by atoms with Gasteiger partial charge in [-0.2, -0.15) is 5.10 Å². The van der Waals surface area contributed by atoms with Crippen molar-refractivity contribution in [2.75, 3.05) is 6.61 Å². The van der Waals surface area contributed by atoms with Crippen LogP contribution in [0.1, 0.15) is 29.8 Å². The number of ether oxygens (including phenoxy) is 1. The lowest BCUT2D eigenvalue weighted by Crippen LogP contribution is -2.34. The third-order valence-electron chi connectivity index (χ3n) is 5.11. The van der Waals surface area contributed by atoms with E-state index in [2.05, 4.69) is 15.1 Å². The van der Waals surface area contributed by atoms with Gasteiger partial charge in [0.1, 0.15) is 6.21 Å². The van der Waals surface area contributed by atoms with Gasteiger partial charge in [0.2, 0.25) is 0 Å². The van der Waals surface area contributed by atoms with Crippen molar-refractivity contribution in [3.63, 3.8) is 0 Å². The van der Waals surface area contributed by atoms with Gasteiger partial charge in [0, 0.05) is 29.9 Å². The predicted octanol–water partition coefficient (Wildman–Crippen LogP) is 2.90. The van der Waals surface area contributed by atoms with Crippen LogP contribution in [0.25, 0.3) is 5.52 Å². The van der Waals surface area contributed by atoms with Gasteiger partial charge in [-0.1, -0.05) is 12.1 Å². The van der Waals surface area contributed by atoms with E-state index in [9.17, 15) is 14.5 Å². The van der Waals surface area contributed by atoms with E-state index in [1.54, 1.807) is 46.3 Å². The lowest BCUT2D eigenvalue weighted by atomic mass is 9.97. The molecule has 2 aliphatic heterocycles. The summed E-state index contributed by atoms with van der Waals surface area (Å²) in [5, 5.41) is 15.7. The molecule has 146 valence electrons. The van der Waals surface area contributed by atoms with E-state index in [0.717, 1.165) is 11.1 Å². The number of benzene rings is 1. The van der Waals surface area contributed by atoms with Gasteiger partial charge in [-0.15, -0.1) is 0 Å². The van der Waals surface area contributed by atoms with Crippen molar-refractivity contribution in [3.8, 4) is 5.75 Å². The van der Waals surface area contributed by atoms with E-state index in [1.807, 2.05) is 0 Å².